The third-order valence-corrected chi connectivity index (χ3v) is 3.60. The topological polar surface area (TPSA) is 141 Å². The quantitative estimate of drug-likeness (QED) is 0.312. The molecule has 24 heavy (non-hydrogen) atoms. The molecule has 0 spiro atoms. The number of hydrogen-bond donors (Lipinski definition) is 0. The molecule has 0 bridgehead atoms. The van der Waals surface area contributed by atoms with Crippen LogP contribution in [0.4, 0.5) is 5.69 Å². The molecular formula is C13H13N5O5S. The summed E-state index contributed by atoms with van der Waals surface area (Å²) in [6.45, 7) is 0.247. The Morgan fingerprint density at radius 3 is 2.58 bits per heavy atom. The predicted molar refractivity (Wildman–Crippen MR) is 82.2 cm³/mol. The zero-order valence-electron chi connectivity index (χ0n) is 12.6. The summed E-state index contributed by atoms with van der Waals surface area (Å²) in [6, 6.07) is 7.55. The largest absolute Gasteiger partial charge is 0.270 e. The number of aromatic nitrogens is 3. The van der Waals surface area contributed by atoms with Gasteiger partial charge >= 0.3 is 0 Å². The average Bonchev–Trinajstić information content (AvgIpc) is 2.93. The molecule has 1 aromatic carbocycles. The first-order valence-corrected chi connectivity index (χ1v) is 8.56. The van der Waals surface area contributed by atoms with E-state index in [0.29, 0.717) is 17.7 Å². The highest BCUT2D eigenvalue weighted by atomic mass is 32.2. The van der Waals surface area contributed by atoms with Gasteiger partial charge in [-0.05, 0) is 18.6 Å². The Balaban J connectivity index is 2.21. The van der Waals surface area contributed by atoms with Crippen LogP contribution in [0.15, 0.2) is 24.3 Å². The molecule has 0 saturated heterocycles. The first kappa shape index (κ1) is 17.5. The van der Waals surface area contributed by atoms with Crippen LogP contribution < -0.4 is 0 Å². The van der Waals surface area contributed by atoms with E-state index >= 15 is 0 Å². The minimum atomic E-state index is -3.51. The fourth-order valence-corrected chi connectivity index (χ4v) is 2.42. The first-order chi connectivity index (χ1) is 11.3. The lowest BCUT2D eigenvalue weighted by molar-refractivity contribution is -0.384. The fraction of sp³-hybridized carbons (Fsp3) is 0.308. The molecule has 2 aromatic rings. The van der Waals surface area contributed by atoms with Crippen LogP contribution in [0.1, 0.15) is 12.1 Å². The first-order valence-electron chi connectivity index (χ1n) is 6.74. The van der Waals surface area contributed by atoms with E-state index in [9.17, 15) is 18.5 Å². The number of nitro groups is 1. The lowest BCUT2D eigenvalue weighted by atomic mass is 10.1. The fourth-order valence-electron chi connectivity index (χ4n) is 2.00. The molecule has 0 amide bonds. The molecule has 11 heteroatoms. The monoisotopic (exact) mass is 351 g/mol. The number of aryl methyl sites for hydroxylation is 1. The van der Waals surface area contributed by atoms with Crippen molar-refractivity contribution in [3.8, 4) is 17.3 Å². The Morgan fingerprint density at radius 1 is 1.38 bits per heavy atom. The summed E-state index contributed by atoms with van der Waals surface area (Å²) in [7, 11) is -3.51. The summed E-state index contributed by atoms with van der Waals surface area (Å²) < 4.78 is 27.9. The summed E-state index contributed by atoms with van der Waals surface area (Å²) in [5.41, 5.74) is 0.962. The maximum Gasteiger partial charge on any atom is 0.269 e. The zero-order valence-corrected chi connectivity index (χ0v) is 13.4. The van der Waals surface area contributed by atoms with E-state index in [1.807, 2.05) is 6.07 Å². The lowest BCUT2D eigenvalue weighted by Crippen LogP contribution is -2.09. The molecule has 1 aromatic heterocycles. The summed E-state index contributed by atoms with van der Waals surface area (Å²) in [5.74, 6) is 0. The van der Waals surface area contributed by atoms with E-state index in [1.54, 1.807) is 0 Å². The SMILES string of the molecule is CS(=O)(=O)OCCCn1nnc(C#N)c1-c1ccc([N+](=O)[O-])cc1. The number of non-ortho nitro benzene ring substituents is 1. The molecule has 0 N–H and O–H groups in total. The average molecular weight is 351 g/mol. The highest BCUT2D eigenvalue weighted by Gasteiger charge is 2.16. The van der Waals surface area contributed by atoms with E-state index in [-0.39, 0.29) is 24.5 Å². The van der Waals surface area contributed by atoms with Crippen LogP contribution in [0.2, 0.25) is 0 Å². The molecule has 0 radical (unpaired) electrons. The van der Waals surface area contributed by atoms with Gasteiger partial charge in [0.05, 0.1) is 17.8 Å². The molecule has 0 aliphatic heterocycles. The molecule has 0 saturated carbocycles. The minimum Gasteiger partial charge on any atom is -0.270 e. The van der Waals surface area contributed by atoms with Gasteiger partial charge in [0.1, 0.15) is 11.8 Å². The van der Waals surface area contributed by atoms with Gasteiger partial charge in [0, 0.05) is 24.2 Å². The summed E-state index contributed by atoms with van der Waals surface area (Å²) in [4.78, 5) is 10.2. The molecule has 0 fully saturated rings. The van der Waals surface area contributed by atoms with E-state index in [4.69, 9.17) is 5.26 Å². The maximum absolute atomic E-state index is 10.9. The molecule has 0 aliphatic carbocycles. The van der Waals surface area contributed by atoms with Crippen LogP contribution in [0.5, 0.6) is 0 Å². The smallest absolute Gasteiger partial charge is 0.269 e. The second kappa shape index (κ2) is 7.16. The molecule has 126 valence electrons. The number of hydrogen-bond acceptors (Lipinski definition) is 8. The Morgan fingerprint density at radius 2 is 2.04 bits per heavy atom. The van der Waals surface area contributed by atoms with Crippen molar-refractivity contribution in [2.45, 2.75) is 13.0 Å². The summed E-state index contributed by atoms with van der Waals surface area (Å²) in [5, 5.41) is 27.5. The van der Waals surface area contributed by atoms with Crippen LogP contribution >= 0.6 is 0 Å². The van der Waals surface area contributed by atoms with Crippen molar-refractivity contribution >= 4 is 15.8 Å². The second-order valence-corrected chi connectivity index (χ2v) is 6.45. The van der Waals surface area contributed by atoms with Crippen LogP contribution in [0, 0.1) is 21.4 Å². The van der Waals surface area contributed by atoms with Crippen LogP contribution in [-0.2, 0) is 20.8 Å². The van der Waals surface area contributed by atoms with Gasteiger partial charge in [0.2, 0.25) is 0 Å². The molecule has 1 heterocycles. The highest BCUT2D eigenvalue weighted by Crippen LogP contribution is 2.24. The van der Waals surface area contributed by atoms with Crippen LogP contribution in [-0.4, -0.2) is 41.2 Å². The number of rotatable bonds is 7. The third kappa shape index (κ3) is 4.34. The minimum absolute atomic E-state index is 0.0275. The Hall–Kier alpha value is -2.84. The maximum atomic E-state index is 10.9. The van der Waals surface area contributed by atoms with Gasteiger partial charge in [0.25, 0.3) is 15.8 Å². The van der Waals surface area contributed by atoms with E-state index < -0.39 is 15.0 Å². The molecule has 10 nitrogen and oxygen atoms in total. The van der Waals surface area contributed by atoms with Gasteiger partial charge < -0.3 is 0 Å². The van der Waals surface area contributed by atoms with Crippen LogP contribution in [0.3, 0.4) is 0 Å². The van der Waals surface area contributed by atoms with Crippen molar-refractivity contribution in [1.82, 2.24) is 15.0 Å². The molecular weight excluding hydrogens is 338 g/mol. The Kier molecular flexibility index (Phi) is 5.22. The van der Waals surface area contributed by atoms with Gasteiger partial charge in [-0.25, -0.2) is 4.68 Å². The van der Waals surface area contributed by atoms with Crippen molar-refractivity contribution in [3.05, 3.63) is 40.1 Å². The highest BCUT2D eigenvalue weighted by molar-refractivity contribution is 7.85. The summed E-state index contributed by atoms with van der Waals surface area (Å²) >= 11 is 0. The van der Waals surface area contributed by atoms with Gasteiger partial charge in [0.15, 0.2) is 5.69 Å². The van der Waals surface area contributed by atoms with Gasteiger partial charge in [-0.3, -0.25) is 14.3 Å². The van der Waals surface area contributed by atoms with Crippen molar-refractivity contribution in [3.63, 3.8) is 0 Å². The van der Waals surface area contributed by atoms with Gasteiger partial charge in [-0.2, -0.15) is 13.7 Å². The number of benzene rings is 1. The van der Waals surface area contributed by atoms with Crippen molar-refractivity contribution < 1.29 is 17.5 Å². The lowest BCUT2D eigenvalue weighted by Gasteiger charge is -2.07. The van der Waals surface area contributed by atoms with Gasteiger partial charge in [-0.1, -0.05) is 5.21 Å². The van der Waals surface area contributed by atoms with Crippen molar-refractivity contribution in [2.75, 3.05) is 12.9 Å². The number of nitro benzene ring substituents is 1. The van der Waals surface area contributed by atoms with Crippen LogP contribution in [0.25, 0.3) is 11.3 Å². The Bertz CT molecular complexity index is 882. The molecule has 2 rings (SSSR count). The third-order valence-electron chi connectivity index (χ3n) is 3.00. The normalized spacial score (nSPS) is 11.2. The van der Waals surface area contributed by atoms with E-state index in [0.717, 1.165) is 6.26 Å². The zero-order chi connectivity index (χ0) is 17.7. The van der Waals surface area contributed by atoms with Crippen molar-refractivity contribution in [2.24, 2.45) is 0 Å². The van der Waals surface area contributed by atoms with E-state index in [2.05, 4.69) is 14.5 Å². The standard InChI is InChI=1S/C13H13N5O5S/c1-24(21,22)23-8-2-7-17-13(12(9-14)15-16-17)10-3-5-11(6-4-10)18(19)20/h3-6H,2,7-8H2,1H3. The molecule has 0 aliphatic rings. The summed E-state index contributed by atoms with van der Waals surface area (Å²) in [6.07, 6.45) is 1.29. The number of nitriles is 1. The number of nitrogens with zero attached hydrogens (tertiary/aromatic N) is 5. The van der Waals surface area contributed by atoms with E-state index in [1.165, 1.54) is 28.9 Å². The molecule has 0 atom stereocenters. The second-order valence-electron chi connectivity index (χ2n) is 4.81. The predicted octanol–water partition coefficient (Wildman–Crippen LogP) is 1.09. The van der Waals surface area contributed by atoms with Gasteiger partial charge in [-0.15, -0.1) is 5.10 Å². The van der Waals surface area contributed by atoms with Crippen molar-refractivity contribution in [1.29, 1.82) is 5.26 Å². The Labute approximate surface area is 137 Å². The molecule has 0 unspecified atom stereocenters.